The van der Waals surface area contributed by atoms with Gasteiger partial charge >= 0.3 is 0 Å². The molecule has 152 valence electrons. The van der Waals surface area contributed by atoms with Crippen LogP contribution in [0, 0.1) is 19.3 Å². The average Bonchev–Trinajstić information content (AvgIpc) is 3.03. The van der Waals surface area contributed by atoms with E-state index in [1.807, 2.05) is 46.8 Å². The van der Waals surface area contributed by atoms with E-state index in [2.05, 4.69) is 19.9 Å². The van der Waals surface area contributed by atoms with Crippen LogP contribution in [0.3, 0.4) is 0 Å². The van der Waals surface area contributed by atoms with Crippen LogP contribution in [0.2, 0.25) is 0 Å². The highest BCUT2D eigenvalue weighted by molar-refractivity contribution is 5.85. The van der Waals surface area contributed by atoms with Crippen LogP contribution < -0.4 is 4.74 Å². The van der Waals surface area contributed by atoms with E-state index in [4.69, 9.17) is 9.15 Å². The van der Waals surface area contributed by atoms with E-state index < -0.39 is 5.41 Å². The van der Waals surface area contributed by atoms with Crippen LogP contribution in [0.5, 0.6) is 5.75 Å². The summed E-state index contributed by atoms with van der Waals surface area (Å²) in [7, 11) is 0. The van der Waals surface area contributed by atoms with Gasteiger partial charge in [0.05, 0.1) is 5.41 Å². The predicted octanol–water partition coefficient (Wildman–Crippen LogP) is 5.81. The van der Waals surface area contributed by atoms with Gasteiger partial charge in [0.1, 0.15) is 18.1 Å². The van der Waals surface area contributed by atoms with Crippen LogP contribution in [0.4, 0.5) is 0 Å². The van der Waals surface area contributed by atoms with Crippen molar-refractivity contribution < 1.29 is 18.7 Å². The number of aldehydes is 1. The molecule has 2 rings (SSSR count). The van der Waals surface area contributed by atoms with E-state index in [1.54, 1.807) is 6.07 Å². The van der Waals surface area contributed by atoms with Crippen molar-refractivity contribution in [3.05, 3.63) is 52.5 Å². The Bertz CT molecular complexity index is 848. The molecule has 0 aliphatic carbocycles. The number of hydrogen-bond donors (Lipinski definition) is 0. The second-order valence-electron chi connectivity index (χ2n) is 8.51. The molecular weight excluding hydrogens is 352 g/mol. The Hall–Kier alpha value is -2.36. The average molecular weight is 385 g/mol. The number of furan rings is 1. The van der Waals surface area contributed by atoms with Crippen LogP contribution in [0.15, 0.2) is 28.7 Å². The zero-order valence-corrected chi connectivity index (χ0v) is 18.1. The van der Waals surface area contributed by atoms with Crippen molar-refractivity contribution in [2.45, 2.75) is 66.7 Å². The number of carbonyl (C=O) groups excluding carboxylic acids is 2. The Kier molecular flexibility index (Phi) is 6.53. The van der Waals surface area contributed by atoms with Gasteiger partial charge in [0, 0.05) is 5.41 Å². The number of benzene rings is 1. The molecule has 28 heavy (non-hydrogen) atoms. The smallest absolute Gasteiger partial charge is 0.185 e. The second-order valence-corrected chi connectivity index (χ2v) is 8.51. The third-order valence-electron chi connectivity index (χ3n) is 5.62. The van der Waals surface area contributed by atoms with E-state index in [9.17, 15) is 9.59 Å². The highest BCUT2D eigenvalue weighted by atomic mass is 16.5. The van der Waals surface area contributed by atoms with E-state index in [0.717, 1.165) is 41.6 Å². The lowest BCUT2D eigenvalue weighted by molar-refractivity contribution is -0.128. The number of ether oxygens (including phenoxy) is 1. The summed E-state index contributed by atoms with van der Waals surface area (Å²) >= 11 is 0. The van der Waals surface area contributed by atoms with E-state index >= 15 is 0 Å². The zero-order valence-electron chi connectivity index (χ0n) is 18.1. The van der Waals surface area contributed by atoms with Gasteiger partial charge in [-0.2, -0.15) is 0 Å². The van der Waals surface area contributed by atoms with Gasteiger partial charge < -0.3 is 9.15 Å². The van der Waals surface area contributed by atoms with Gasteiger partial charge in [0.15, 0.2) is 17.8 Å². The molecule has 0 amide bonds. The third-order valence-corrected chi connectivity index (χ3v) is 5.62. The first-order valence-electron chi connectivity index (χ1n) is 9.92. The SMILES string of the molecule is CCC(CC)(c1ccc(OCC(=O)C(C)(C)C)c(C)c1)c1oc(C=O)cc1C. The van der Waals surface area contributed by atoms with Crippen LogP contribution in [0.1, 0.15) is 80.5 Å². The fourth-order valence-electron chi connectivity index (χ4n) is 3.62. The Morgan fingerprint density at radius 1 is 1.07 bits per heavy atom. The summed E-state index contributed by atoms with van der Waals surface area (Å²) in [5.74, 6) is 1.99. The molecule has 0 saturated carbocycles. The maximum Gasteiger partial charge on any atom is 0.185 e. The number of carbonyl (C=O) groups is 2. The molecule has 0 unspecified atom stereocenters. The summed E-state index contributed by atoms with van der Waals surface area (Å²) < 4.78 is 11.7. The molecule has 0 aliphatic rings. The molecule has 0 atom stereocenters. The van der Waals surface area contributed by atoms with Gasteiger partial charge in [-0.25, -0.2) is 0 Å². The molecule has 0 saturated heterocycles. The van der Waals surface area contributed by atoms with Crippen molar-refractivity contribution in [2.75, 3.05) is 6.61 Å². The van der Waals surface area contributed by atoms with Gasteiger partial charge in [0.25, 0.3) is 0 Å². The summed E-state index contributed by atoms with van der Waals surface area (Å²) in [6, 6.07) is 7.87. The zero-order chi connectivity index (χ0) is 21.1. The molecule has 4 nitrogen and oxygen atoms in total. The Morgan fingerprint density at radius 2 is 1.71 bits per heavy atom. The summed E-state index contributed by atoms with van der Waals surface area (Å²) in [5, 5.41) is 0. The Balaban J connectivity index is 2.39. The van der Waals surface area contributed by atoms with Gasteiger partial charge in [-0.15, -0.1) is 0 Å². The van der Waals surface area contributed by atoms with Crippen molar-refractivity contribution in [2.24, 2.45) is 5.41 Å². The van der Waals surface area contributed by atoms with Gasteiger partial charge in [-0.1, -0.05) is 46.8 Å². The van der Waals surface area contributed by atoms with Crippen molar-refractivity contribution >= 4 is 12.1 Å². The van der Waals surface area contributed by atoms with Crippen molar-refractivity contribution in [3.8, 4) is 5.75 Å². The van der Waals surface area contributed by atoms with Crippen LogP contribution >= 0.6 is 0 Å². The molecule has 1 aromatic heterocycles. The first-order valence-corrected chi connectivity index (χ1v) is 9.92. The highest BCUT2D eigenvalue weighted by Crippen LogP contribution is 2.42. The third kappa shape index (κ3) is 4.21. The normalized spacial score (nSPS) is 12.1. The molecule has 0 spiro atoms. The van der Waals surface area contributed by atoms with E-state index in [-0.39, 0.29) is 17.8 Å². The second kappa shape index (κ2) is 8.34. The Labute approximate surface area is 168 Å². The highest BCUT2D eigenvalue weighted by Gasteiger charge is 2.36. The van der Waals surface area contributed by atoms with Crippen LogP contribution in [-0.4, -0.2) is 18.7 Å². The van der Waals surface area contributed by atoms with Gasteiger partial charge in [-0.05, 0) is 55.5 Å². The molecule has 2 aromatic rings. The first-order chi connectivity index (χ1) is 13.1. The number of aryl methyl sites for hydroxylation is 2. The fourth-order valence-corrected chi connectivity index (χ4v) is 3.62. The Morgan fingerprint density at radius 3 is 2.18 bits per heavy atom. The lowest BCUT2D eigenvalue weighted by atomic mass is 9.72. The molecule has 0 aliphatic heterocycles. The van der Waals surface area contributed by atoms with Crippen LogP contribution in [0.25, 0.3) is 0 Å². The van der Waals surface area contributed by atoms with Gasteiger partial charge in [0.2, 0.25) is 0 Å². The number of rotatable bonds is 8. The maximum atomic E-state index is 12.2. The molecule has 0 bridgehead atoms. The van der Waals surface area contributed by atoms with Crippen molar-refractivity contribution in [1.82, 2.24) is 0 Å². The lowest BCUT2D eigenvalue weighted by Crippen LogP contribution is -2.27. The lowest BCUT2D eigenvalue weighted by Gasteiger charge is -2.32. The quantitative estimate of drug-likeness (QED) is 0.539. The minimum atomic E-state index is -0.416. The molecule has 1 heterocycles. The summed E-state index contributed by atoms with van der Waals surface area (Å²) in [6.45, 7) is 14.0. The monoisotopic (exact) mass is 384 g/mol. The summed E-state index contributed by atoms with van der Waals surface area (Å²) in [4.78, 5) is 23.3. The minimum Gasteiger partial charge on any atom is -0.486 e. The van der Waals surface area contributed by atoms with Crippen LogP contribution in [-0.2, 0) is 10.2 Å². The number of ketones is 1. The first kappa shape index (κ1) is 21.9. The summed E-state index contributed by atoms with van der Waals surface area (Å²) in [6.07, 6.45) is 2.44. The van der Waals surface area contributed by atoms with E-state index in [0.29, 0.717) is 11.5 Å². The van der Waals surface area contributed by atoms with Gasteiger partial charge in [-0.3, -0.25) is 9.59 Å². The molecular formula is C24H32O4. The topological polar surface area (TPSA) is 56.5 Å². The minimum absolute atomic E-state index is 0.0658. The molecule has 0 radical (unpaired) electrons. The van der Waals surface area contributed by atoms with E-state index in [1.165, 1.54) is 0 Å². The molecule has 4 heteroatoms. The molecule has 1 aromatic carbocycles. The molecule has 0 N–H and O–H groups in total. The largest absolute Gasteiger partial charge is 0.486 e. The molecule has 0 fully saturated rings. The number of hydrogen-bond acceptors (Lipinski definition) is 4. The fraction of sp³-hybridized carbons (Fsp3) is 0.500. The standard InChI is InChI=1S/C24H32O4/c1-8-24(9-2,22-17(4)13-19(14-25)28-22)18-10-11-20(16(3)12-18)27-15-21(26)23(5,6)7/h10-14H,8-9,15H2,1-7H3. The summed E-state index contributed by atoms with van der Waals surface area (Å²) in [5.41, 5.74) is 2.36. The van der Waals surface area contributed by atoms with Crippen molar-refractivity contribution in [1.29, 1.82) is 0 Å². The number of Topliss-reactive ketones (excluding diaryl/α,β-unsaturated/α-hetero) is 1. The van der Waals surface area contributed by atoms with Crippen molar-refractivity contribution in [3.63, 3.8) is 0 Å². The maximum absolute atomic E-state index is 12.2. The predicted molar refractivity (Wildman–Crippen MR) is 111 cm³/mol.